The predicted octanol–water partition coefficient (Wildman–Crippen LogP) is 1.65. The molecule has 0 aromatic heterocycles. The highest BCUT2D eigenvalue weighted by Crippen LogP contribution is 2.33. The summed E-state index contributed by atoms with van der Waals surface area (Å²) in [6.45, 7) is 2.68. The van der Waals surface area contributed by atoms with Crippen LogP contribution < -0.4 is 5.73 Å². The summed E-state index contributed by atoms with van der Waals surface area (Å²) in [7, 11) is -2.82. The van der Waals surface area contributed by atoms with Crippen LogP contribution in [-0.4, -0.2) is 26.5 Å². The van der Waals surface area contributed by atoms with E-state index in [4.69, 9.17) is 5.73 Å². The Kier molecular flexibility index (Phi) is 3.54. The van der Waals surface area contributed by atoms with E-state index in [1.165, 1.54) is 11.1 Å². The normalized spacial score (nSPS) is 24.7. The molecule has 1 heterocycles. The van der Waals surface area contributed by atoms with Crippen LogP contribution in [0.15, 0.2) is 24.3 Å². The zero-order chi connectivity index (χ0) is 12.5. The van der Waals surface area contributed by atoms with Crippen molar-refractivity contribution in [1.29, 1.82) is 0 Å². The van der Waals surface area contributed by atoms with Crippen molar-refractivity contribution in [2.24, 2.45) is 5.73 Å². The molecule has 1 aromatic carbocycles. The van der Waals surface area contributed by atoms with E-state index in [9.17, 15) is 8.42 Å². The van der Waals surface area contributed by atoms with Crippen LogP contribution in [0.3, 0.4) is 0 Å². The van der Waals surface area contributed by atoms with Gasteiger partial charge in [0.2, 0.25) is 0 Å². The van der Waals surface area contributed by atoms with Crippen molar-refractivity contribution in [2.75, 3.05) is 18.1 Å². The molecule has 1 aromatic rings. The Hall–Kier alpha value is -0.870. The second-order valence-electron chi connectivity index (χ2n) is 4.87. The van der Waals surface area contributed by atoms with Gasteiger partial charge in [-0.15, -0.1) is 0 Å². The first-order chi connectivity index (χ1) is 8.03. The van der Waals surface area contributed by atoms with Crippen LogP contribution in [0, 0.1) is 0 Å². The van der Waals surface area contributed by atoms with Crippen LogP contribution in [0.5, 0.6) is 0 Å². The molecule has 0 spiro atoms. The summed E-state index contributed by atoms with van der Waals surface area (Å²) in [6.07, 6.45) is 0.747. The zero-order valence-corrected chi connectivity index (χ0v) is 10.9. The molecule has 0 bridgehead atoms. The van der Waals surface area contributed by atoms with E-state index in [2.05, 4.69) is 13.0 Å². The minimum atomic E-state index is -2.82. The maximum atomic E-state index is 11.5. The van der Waals surface area contributed by atoms with Crippen molar-refractivity contribution < 1.29 is 8.42 Å². The van der Waals surface area contributed by atoms with E-state index < -0.39 is 9.84 Å². The van der Waals surface area contributed by atoms with Crippen LogP contribution in [0.1, 0.15) is 36.3 Å². The fourth-order valence-electron chi connectivity index (χ4n) is 2.50. The van der Waals surface area contributed by atoms with Crippen LogP contribution in [0.4, 0.5) is 0 Å². The monoisotopic (exact) mass is 253 g/mol. The minimum Gasteiger partial charge on any atom is -0.330 e. The zero-order valence-electron chi connectivity index (χ0n) is 10.1. The molecule has 2 unspecified atom stereocenters. The van der Waals surface area contributed by atoms with Gasteiger partial charge in [0.15, 0.2) is 9.84 Å². The SMILES string of the molecule is CC(CN)c1ccccc1C1CCS(=O)(=O)C1. The number of nitrogens with two attached hydrogens (primary N) is 1. The molecule has 1 aliphatic heterocycles. The van der Waals surface area contributed by atoms with Crippen molar-refractivity contribution in [3.05, 3.63) is 35.4 Å². The molecule has 1 fully saturated rings. The quantitative estimate of drug-likeness (QED) is 0.891. The molecule has 2 atom stereocenters. The van der Waals surface area contributed by atoms with Gasteiger partial charge in [-0.2, -0.15) is 0 Å². The van der Waals surface area contributed by atoms with Crippen LogP contribution >= 0.6 is 0 Å². The van der Waals surface area contributed by atoms with E-state index in [1.807, 2.05) is 18.2 Å². The van der Waals surface area contributed by atoms with Crippen molar-refractivity contribution >= 4 is 9.84 Å². The van der Waals surface area contributed by atoms with Gasteiger partial charge in [0, 0.05) is 0 Å². The lowest BCUT2D eigenvalue weighted by Gasteiger charge is -2.18. The Morgan fingerprint density at radius 2 is 2.12 bits per heavy atom. The summed E-state index contributed by atoms with van der Waals surface area (Å²) in [4.78, 5) is 0. The molecule has 2 rings (SSSR count). The smallest absolute Gasteiger partial charge is 0.150 e. The number of rotatable bonds is 3. The first-order valence-electron chi connectivity index (χ1n) is 6.03. The van der Waals surface area contributed by atoms with Crippen LogP contribution in [-0.2, 0) is 9.84 Å². The fourth-order valence-corrected chi connectivity index (χ4v) is 4.27. The summed E-state index contributed by atoms with van der Waals surface area (Å²) in [5, 5.41) is 0. The van der Waals surface area contributed by atoms with Gasteiger partial charge in [0.25, 0.3) is 0 Å². The average Bonchev–Trinajstić information content (AvgIpc) is 2.68. The second-order valence-corrected chi connectivity index (χ2v) is 7.09. The molecular weight excluding hydrogens is 234 g/mol. The topological polar surface area (TPSA) is 60.2 Å². The Balaban J connectivity index is 2.33. The summed E-state index contributed by atoms with van der Waals surface area (Å²) in [5.41, 5.74) is 8.09. The average molecular weight is 253 g/mol. The fraction of sp³-hybridized carbons (Fsp3) is 0.538. The van der Waals surface area contributed by atoms with Gasteiger partial charge in [-0.1, -0.05) is 31.2 Å². The van der Waals surface area contributed by atoms with Gasteiger partial charge in [-0.05, 0) is 35.9 Å². The van der Waals surface area contributed by atoms with Crippen LogP contribution in [0.25, 0.3) is 0 Å². The third kappa shape index (κ3) is 2.69. The molecular formula is C13H19NO2S. The molecule has 0 saturated carbocycles. The predicted molar refractivity (Wildman–Crippen MR) is 69.9 cm³/mol. The molecule has 0 amide bonds. The second kappa shape index (κ2) is 4.78. The van der Waals surface area contributed by atoms with Crippen molar-refractivity contribution in [1.82, 2.24) is 0 Å². The van der Waals surface area contributed by atoms with Gasteiger partial charge in [0.1, 0.15) is 0 Å². The van der Waals surface area contributed by atoms with Crippen LogP contribution in [0.2, 0.25) is 0 Å². The summed E-state index contributed by atoms with van der Waals surface area (Å²) in [5.74, 6) is 1.06. The van der Waals surface area contributed by atoms with E-state index in [0.29, 0.717) is 18.1 Å². The van der Waals surface area contributed by atoms with Crippen molar-refractivity contribution in [2.45, 2.75) is 25.2 Å². The number of hydrogen-bond acceptors (Lipinski definition) is 3. The van der Waals surface area contributed by atoms with E-state index in [0.717, 1.165) is 6.42 Å². The maximum Gasteiger partial charge on any atom is 0.150 e. The molecule has 3 nitrogen and oxygen atoms in total. The number of sulfone groups is 1. The third-order valence-corrected chi connectivity index (χ3v) is 5.32. The highest BCUT2D eigenvalue weighted by Gasteiger charge is 2.30. The highest BCUT2D eigenvalue weighted by molar-refractivity contribution is 7.91. The largest absolute Gasteiger partial charge is 0.330 e. The first-order valence-corrected chi connectivity index (χ1v) is 7.85. The Morgan fingerprint density at radius 1 is 1.41 bits per heavy atom. The third-order valence-electron chi connectivity index (χ3n) is 3.55. The molecule has 1 aliphatic rings. The first kappa shape index (κ1) is 12.6. The number of benzene rings is 1. The van der Waals surface area contributed by atoms with Crippen molar-refractivity contribution in [3.63, 3.8) is 0 Å². The summed E-state index contributed by atoms with van der Waals surface area (Å²) in [6, 6.07) is 8.09. The highest BCUT2D eigenvalue weighted by atomic mass is 32.2. The van der Waals surface area contributed by atoms with E-state index in [-0.39, 0.29) is 11.8 Å². The summed E-state index contributed by atoms with van der Waals surface area (Å²) < 4.78 is 23.1. The lowest BCUT2D eigenvalue weighted by molar-refractivity contribution is 0.601. The number of hydrogen-bond donors (Lipinski definition) is 1. The lowest BCUT2D eigenvalue weighted by atomic mass is 9.88. The molecule has 17 heavy (non-hydrogen) atoms. The lowest BCUT2D eigenvalue weighted by Crippen LogP contribution is -2.13. The molecule has 0 radical (unpaired) electrons. The molecule has 94 valence electrons. The van der Waals surface area contributed by atoms with Gasteiger partial charge in [-0.25, -0.2) is 8.42 Å². The standard InChI is InChI=1S/C13H19NO2S/c1-10(8-14)12-4-2-3-5-13(12)11-6-7-17(15,16)9-11/h2-5,10-11H,6-9,14H2,1H3. The van der Waals surface area contributed by atoms with Gasteiger partial charge >= 0.3 is 0 Å². The van der Waals surface area contributed by atoms with Gasteiger partial charge in [-0.3, -0.25) is 0 Å². The molecule has 2 N–H and O–H groups in total. The Labute approximate surface area is 103 Å². The molecule has 4 heteroatoms. The Bertz CT molecular complexity index is 496. The van der Waals surface area contributed by atoms with Gasteiger partial charge < -0.3 is 5.73 Å². The summed E-state index contributed by atoms with van der Waals surface area (Å²) >= 11 is 0. The minimum absolute atomic E-state index is 0.158. The maximum absolute atomic E-state index is 11.5. The van der Waals surface area contributed by atoms with E-state index >= 15 is 0 Å². The molecule has 0 aliphatic carbocycles. The molecule has 1 saturated heterocycles. The Morgan fingerprint density at radius 3 is 2.71 bits per heavy atom. The van der Waals surface area contributed by atoms with Gasteiger partial charge in [0.05, 0.1) is 11.5 Å². The van der Waals surface area contributed by atoms with E-state index in [1.54, 1.807) is 0 Å². The van der Waals surface area contributed by atoms with Crippen molar-refractivity contribution in [3.8, 4) is 0 Å².